The van der Waals surface area contributed by atoms with Gasteiger partial charge in [-0.15, -0.1) is 0 Å². The van der Waals surface area contributed by atoms with E-state index in [2.05, 4.69) is 5.32 Å². The molecule has 0 heterocycles. The van der Waals surface area contributed by atoms with Gasteiger partial charge in [0, 0.05) is 27.5 Å². The van der Waals surface area contributed by atoms with E-state index in [4.69, 9.17) is 39.5 Å². The molecule has 0 atom stereocenters. The number of benzene rings is 2. The predicted octanol–water partition coefficient (Wildman–Crippen LogP) is 5.52. The van der Waals surface area contributed by atoms with Crippen molar-refractivity contribution in [1.82, 2.24) is 0 Å². The van der Waals surface area contributed by atoms with Crippen molar-refractivity contribution in [3.05, 3.63) is 68.8 Å². The Kier molecular flexibility index (Phi) is 5.72. The van der Waals surface area contributed by atoms with Gasteiger partial charge in [-0.1, -0.05) is 34.8 Å². The Labute approximate surface area is 143 Å². The molecule has 0 bridgehead atoms. The normalized spacial score (nSPS) is 10.7. The van der Waals surface area contributed by atoms with Crippen LogP contribution in [0.3, 0.4) is 0 Å². The SMILES string of the molecule is COC(=O)c1cc(Cl)cc(Cl)c1C=CNc1ccc(Cl)cc1. The molecule has 0 aliphatic heterocycles. The molecule has 6 heteroatoms. The topological polar surface area (TPSA) is 38.3 Å². The molecule has 0 amide bonds. The maximum absolute atomic E-state index is 11.8. The van der Waals surface area contributed by atoms with Crippen molar-refractivity contribution in [3.63, 3.8) is 0 Å². The van der Waals surface area contributed by atoms with E-state index >= 15 is 0 Å². The lowest BCUT2D eigenvalue weighted by atomic mass is 10.1. The number of hydrogen-bond donors (Lipinski definition) is 1. The van der Waals surface area contributed by atoms with E-state index in [0.717, 1.165) is 5.69 Å². The van der Waals surface area contributed by atoms with Crippen LogP contribution in [0, 0.1) is 0 Å². The van der Waals surface area contributed by atoms with E-state index in [1.165, 1.54) is 13.2 Å². The molecular formula is C16H12Cl3NO2. The van der Waals surface area contributed by atoms with E-state index in [-0.39, 0.29) is 0 Å². The van der Waals surface area contributed by atoms with Crippen molar-refractivity contribution in [2.24, 2.45) is 0 Å². The van der Waals surface area contributed by atoms with Crippen molar-refractivity contribution < 1.29 is 9.53 Å². The number of rotatable bonds is 4. The van der Waals surface area contributed by atoms with Crippen molar-refractivity contribution >= 4 is 52.5 Å². The Morgan fingerprint density at radius 1 is 1.09 bits per heavy atom. The van der Waals surface area contributed by atoms with E-state index in [1.54, 1.807) is 30.5 Å². The first kappa shape index (κ1) is 16.7. The third kappa shape index (κ3) is 4.17. The van der Waals surface area contributed by atoms with Crippen molar-refractivity contribution in [2.45, 2.75) is 0 Å². The van der Waals surface area contributed by atoms with Gasteiger partial charge in [-0.2, -0.15) is 0 Å². The number of anilines is 1. The molecule has 0 aliphatic rings. The van der Waals surface area contributed by atoms with Crippen LogP contribution in [0.2, 0.25) is 15.1 Å². The zero-order valence-electron chi connectivity index (χ0n) is 11.6. The van der Waals surface area contributed by atoms with Gasteiger partial charge in [0.25, 0.3) is 0 Å². The molecule has 0 radical (unpaired) electrons. The summed E-state index contributed by atoms with van der Waals surface area (Å²) in [6, 6.07) is 10.3. The molecule has 2 aromatic rings. The van der Waals surface area contributed by atoms with Gasteiger partial charge in [0.1, 0.15) is 0 Å². The molecule has 0 saturated carbocycles. The lowest BCUT2D eigenvalue weighted by molar-refractivity contribution is 0.0600. The molecule has 0 aliphatic carbocycles. The number of methoxy groups -OCH3 is 1. The van der Waals surface area contributed by atoms with Gasteiger partial charge < -0.3 is 10.1 Å². The average Bonchev–Trinajstić information content (AvgIpc) is 2.50. The Balaban J connectivity index is 2.26. The van der Waals surface area contributed by atoms with Crippen LogP contribution in [0.5, 0.6) is 0 Å². The highest BCUT2D eigenvalue weighted by Gasteiger charge is 2.14. The van der Waals surface area contributed by atoms with E-state index in [1.807, 2.05) is 12.1 Å². The third-order valence-electron chi connectivity index (χ3n) is 2.84. The summed E-state index contributed by atoms with van der Waals surface area (Å²) in [5.74, 6) is -0.504. The third-order valence-corrected chi connectivity index (χ3v) is 3.63. The maximum Gasteiger partial charge on any atom is 0.338 e. The molecule has 0 unspecified atom stereocenters. The number of carbonyl (C=O) groups excluding carboxylic acids is 1. The Hall–Kier alpha value is -1.68. The van der Waals surface area contributed by atoms with Crippen molar-refractivity contribution in [3.8, 4) is 0 Å². The lowest BCUT2D eigenvalue weighted by Crippen LogP contribution is -2.04. The second kappa shape index (κ2) is 7.54. The summed E-state index contributed by atoms with van der Waals surface area (Å²) >= 11 is 17.9. The van der Waals surface area contributed by atoms with Gasteiger partial charge in [-0.05, 0) is 42.5 Å². The van der Waals surface area contributed by atoms with Gasteiger partial charge in [-0.3, -0.25) is 0 Å². The Morgan fingerprint density at radius 3 is 2.41 bits per heavy atom. The lowest BCUT2D eigenvalue weighted by Gasteiger charge is -2.08. The molecule has 0 saturated heterocycles. The standard InChI is InChI=1S/C16H12Cl3NO2/c1-22-16(21)14-8-11(18)9-15(19)13(14)6-7-20-12-4-2-10(17)3-5-12/h2-9,20H,1H3. The molecule has 22 heavy (non-hydrogen) atoms. The number of carbonyl (C=O) groups is 1. The molecule has 1 N–H and O–H groups in total. The highest BCUT2D eigenvalue weighted by molar-refractivity contribution is 6.36. The predicted molar refractivity (Wildman–Crippen MR) is 91.9 cm³/mol. The fourth-order valence-electron chi connectivity index (χ4n) is 1.80. The number of ether oxygens (including phenoxy) is 1. The molecular weight excluding hydrogens is 345 g/mol. The second-order valence-corrected chi connectivity index (χ2v) is 5.61. The summed E-state index contributed by atoms with van der Waals surface area (Å²) in [5.41, 5.74) is 1.68. The van der Waals surface area contributed by atoms with Gasteiger partial charge in [0.2, 0.25) is 0 Å². The van der Waals surface area contributed by atoms with Crippen LogP contribution in [0.1, 0.15) is 15.9 Å². The van der Waals surface area contributed by atoms with Crippen molar-refractivity contribution in [1.29, 1.82) is 0 Å². The van der Waals surface area contributed by atoms with Gasteiger partial charge in [0.15, 0.2) is 0 Å². The number of hydrogen-bond acceptors (Lipinski definition) is 3. The quantitative estimate of drug-likeness (QED) is 0.733. The highest BCUT2D eigenvalue weighted by Crippen LogP contribution is 2.27. The maximum atomic E-state index is 11.8. The largest absolute Gasteiger partial charge is 0.465 e. The molecule has 114 valence electrons. The van der Waals surface area contributed by atoms with E-state index in [9.17, 15) is 4.79 Å². The van der Waals surface area contributed by atoms with Crippen LogP contribution in [0.15, 0.2) is 42.6 Å². The first-order valence-corrected chi connectivity index (χ1v) is 7.40. The number of halogens is 3. The van der Waals surface area contributed by atoms with Crippen molar-refractivity contribution in [2.75, 3.05) is 12.4 Å². The molecule has 2 aromatic carbocycles. The highest BCUT2D eigenvalue weighted by atomic mass is 35.5. The minimum Gasteiger partial charge on any atom is -0.465 e. The van der Waals surface area contributed by atoms with Crippen LogP contribution in [-0.4, -0.2) is 13.1 Å². The van der Waals surface area contributed by atoms with E-state index in [0.29, 0.717) is 26.2 Å². The summed E-state index contributed by atoms with van der Waals surface area (Å²) in [6.07, 6.45) is 3.35. The fraction of sp³-hybridized carbons (Fsp3) is 0.0625. The molecule has 3 nitrogen and oxygen atoms in total. The van der Waals surface area contributed by atoms with Crippen LogP contribution < -0.4 is 5.32 Å². The summed E-state index contributed by atoms with van der Waals surface area (Å²) in [5, 5.41) is 4.45. The van der Waals surface area contributed by atoms with Gasteiger partial charge in [0.05, 0.1) is 17.7 Å². The van der Waals surface area contributed by atoms with E-state index < -0.39 is 5.97 Å². The van der Waals surface area contributed by atoms with Crippen LogP contribution >= 0.6 is 34.8 Å². The summed E-state index contributed by atoms with van der Waals surface area (Å²) in [7, 11) is 1.30. The molecule has 0 spiro atoms. The van der Waals surface area contributed by atoms with Crippen LogP contribution in [0.4, 0.5) is 5.69 Å². The molecule has 0 fully saturated rings. The second-order valence-electron chi connectivity index (χ2n) is 4.32. The first-order chi connectivity index (χ1) is 10.5. The summed E-state index contributed by atoms with van der Waals surface area (Å²) < 4.78 is 4.74. The first-order valence-electron chi connectivity index (χ1n) is 6.27. The summed E-state index contributed by atoms with van der Waals surface area (Å²) in [4.78, 5) is 11.8. The molecule has 0 aromatic heterocycles. The van der Waals surface area contributed by atoms with Gasteiger partial charge >= 0.3 is 5.97 Å². The van der Waals surface area contributed by atoms with Crippen LogP contribution in [-0.2, 0) is 4.74 Å². The Morgan fingerprint density at radius 2 is 1.77 bits per heavy atom. The summed E-state index contributed by atoms with van der Waals surface area (Å²) in [6.45, 7) is 0. The monoisotopic (exact) mass is 355 g/mol. The Bertz CT molecular complexity index is 712. The number of esters is 1. The smallest absolute Gasteiger partial charge is 0.338 e. The van der Waals surface area contributed by atoms with Gasteiger partial charge in [-0.25, -0.2) is 4.79 Å². The minimum atomic E-state index is -0.504. The zero-order valence-corrected chi connectivity index (χ0v) is 13.8. The minimum absolute atomic E-state index is 0.300. The molecule has 2 rings (SSSR count). The van der Waals surface area contributed by atoms with Crippen LogP contribution in [0.25, 0.3) is 6.08 Å². The fourth-order valence-corrected chi connectivity index (χ4v) is 2.48. The zero-order chi connectivity index (χ0) is 16.1. The average molecular weight is 357 g/mol. The number of nitrogens with one attached hydrogen (secondary N) is 1.